The van der Waals surface area contributed by atoms with E-state index in [0.29, 0.717) is 10.6 Å². The average Bonchev–Trinajstić information content (AvgIpc) is 2.54. The fourth-order valence-corrected chi connectivity index (χ4v) is 4.77. The van der Waals surface area contributed by atoms with E-state index in [9.17, 15) is 16.8 Å². The van der Waals surface area contributed by atoms with Gasteiger partial charge in [0.1, 0.15) is 5.25 Å². The first-order valence-electron chi connectivity index (χ1n) is 7.72. The van der Waals surface area contributed by atoms with Crippen LogP contribution in [0.5, 0.6) is 0 Å². The number of hydrogen-bond acceptors (Lipinski definition) is 5. The summed E-state index contributed by atoms with van der Waals surface area (Å²) in [6, 6.07) is 12.8. The summed E-state index contributed by atoms with van der Waals surface area (Å²) in [5.41, 5.74) is 1.41. The van der Waals surface area contributed by atoms with E-state index in [1.165, 1.54) is 24.3 Å². The summed E-state index contributed by atoms with van der Waals surface area (Å²) < 4.78 is 51.5. The SMILES string of the molecule is CN(C)c1ccc([C@@H](CNS(C)(=O)=O)S(=O)(=O)c2ccc(Cl)cc2)cc1. The highest BCUT2D eigenvalue weighted by molar-refractivity contribution is 7.92. The van der Waals surface area contributed by atoms with Crippen LogP contribution < -0.4 is 9.62 Å². The molecular formula is C17H21ClN2O4S2. The van der Waals surface area contributed by atoms with Crippen molar-refractivity contribution in [3.8, 4) is 0 Å². The summed E-state index contributed by atoms with van der Waals surface area (Å²) in [6.07, 6.45) is 0.994. The maximum absolute atomic E-state index is 13.1. The third-order valence-corrected chi connectivity index (χ3v) is 6.89. The quantitative estimate of drug-likeness (QED) is 0.749. The lowest BCUT2D eigenvalue weighted by Gasteiger charge is -2.20. The molecule has 0 radical (unpaired) electrons. The van der Waals surface area contributed by atoms with Gasteiger partial charge in [-0.1, -0.05) is 23.7 Å². The Bertz CT molecular complexity index is 955. The summed E-state index contributed by atoms with van der Waals surface area (Å²) in [4.78, 5) is 1.97. The van der Waals surface area contributed by atoms with Crippen molar-refractivity contribution in [1.29, 1.82) is 0 Å². The Morgan fingerprint density at radius 1 is 0.962 bits per heavy atom. The van der Waals surface area contributed by atoms with Gasteiger partial charge in [0.2, 0.25) is 10.0 Å². The van der Waals surface area contributed by atoms with Gasteiger partial charge in [0, 0.05) is 31.4 Å². The third-order valence-electron chi connectivity index (χ3n) is 3.83. The molecular weight excluding hydrogens is 396 g/mol. The molecule has 0 fully saturated rings. The largest absolute Gasteiger partial charge is 0.378 e. The molecule has 0 bridgehead atoms. The van der Waals surface area contributed by atoms with Crippen LogP contribution in [0.3, 0.4) is 0 Å². The van der Waals surface area contributed by atoms with Gasteiger partial charge < -0.3 is 4.90 Å². The van der Waals surface area contributed by atoms with Crippen LogP contribution in [0.1, 0.15) is 10.8 Å². The van der Waals surface area contributed by atoms with Crippen molar-refractivity contribution >= 4 is 37.1 Å². The maximum atomic E-state index is 13.1. The van der Waals surface area contributed by atoms with Gasteiger partial charge in [-0.2, -0.15) is 0 Å². The Balaban J connectivity index is 2.47. The van der Waals surface area contributed by atoms with E-state index in [1.807, 2.05) is 19.0 Å². The van der Waals surface area contributed by atoms with Gasteiger partial charge >= 0.3 is 0 Å². The van der Waals surface area contributed by atoms with E-state index in [2.05, 4.69) is 4.72 Å². The number of sulfonamides is 1. The van der Waals surface area contributed by atoms with Crippen LogP contribution in [0, 0.1) is 0 Å². The Morgan fingerprint density at radius 3 is 1.96 bits per heavy atom. The molecule has 1 N–H and O–H groups in total. The first-order chi connectivity index (χ1) is 12.0. The number of nitrogens with one attached hydrogen (secondary N) is 1. The number of sulfone groups is 1. The van der Waals surface area contributed by atoms with Gasteiger partial charge in [0.05, 0.1) is 11.2 Å². The molecule has 26 heavy (non-hydrogen) atoms. The van der Waals surface area contributed by atoms with Gasteiger partial charge in [0.15, 0.2) is 9.84 Å². The van der Waals surface area contributed by atoms with Crippen molar-refractivity contribution in [2.45, 2.75) is 10.1 Å². The lowest BCUT2D eigenvalue weighted by molar-refractivity contribution is 0.571. The molecule has 9 heteroatoms. The van der Waals surface area contributed by atoms with Crippen molar-refractivity contribution in [2.75, 3.05) is 31.8 Å². The Hall–Kier alpha value is -1.61. The summed E-state index contributed by atoms with van der Waals surface area (Å²) in [7, 11) is -3.61. The fourth-order valence-electron chi connectivity index (χ4n) is 2.41. The van der Waals surface area contributed by atoms with Crippen LogP contribution in [0.2, 0.25) is 5.02 Å². The van der Waals surface area contributed by atoms with Crippen LogP contribution in [-0.4, -0.2) is 43.7 Å². The lowest BCUT2D eigenvalue weighted by Crippen LogP contribution is -2.31. The molecule has 1 atom stereocenters. The molecule has 142 valence electrons. The summed E-state index contributed by atoms with van der Waals surface area (Å²) >= 11 is 5.84. The molecule has 0 unspecified atom stereocenters. The molecule has 2 aromatic rings. The van der Waals surface area contributed by atoms with E-state index in [0.717, 1.165) is 11.9 Å². The lowest BCUT2D eigenvalue weighted by atomic mass is 10.1. The molecule has 0 aliphatic rings. The minimum atomic E-state index is -3.83. The van der Waals surface area contributed by atoms with Crippen LogP contribution >= 0.6 is 11.6 Å². The Kier molecular flexibility index (Phi) is 6.33. The zero-order valence-corrected chi connectivity index (χ0v) is 17.1. The molecule has 0 spiro atoms. The van der Waals surface area contributed by atoms with E-state index >= 15 is 0 Å². The summed E-state index contributed by atoms with van der Waals surface area (Å²) in [5, 5.41) is -0.639. The molecule has 0 heterocycles. The van der Waals surface area contributed by atoms with Crippen molar-refractivity contribution in [3.05, 3.63) is 59.1 Å². The standard InChI is InChI=1S/C17H21ClN2O4S2/c1-20(2)15-8-4-13(5-9-15)17(12-19-25(3,21)22)26(23,24)16-10-6-14(18)7-11-16/h4-11,17,19H,12H2,1-3H3/t17-/m1/s1. The number of benzene rings is 2. The van der Waals surface area contributed by atoms with Crippen LogP contribution in [0.15, 0.2) is 53.4 Å². The molecule has 0 amide bonds. The van der Waals surface area contributed by atoms with Gasteiger partial charge in [0.25, 0.3) is 0 Å². The molecule has 0 aliphatic heterocycles. The van der Waals surface area contributed by atoms with E-state index in [1.54, 1.807) is 24.3 Å². The zero-order chi connectivity index (χ0) is 19.5. The molecule has 0 saturated carbocycles. The molecule has 0 aromatic heterocycles. The van der Waals surface area contributed by atoms with Crippen molar-refractivity contribution in [2.24, 2.45) is 0 Å². The minimum absolute atomic E-state index is 0.0823. The van der Waals surface area contributed by atoms with E-state index in [-0.39, 0.29) is 11.4 Å². The molecule has 0 aliphatic carbocycles. The number of halogens is 1. The monoisotopic (exact) mass is 416 g/mol. The summed E-state index contributed by atoms with van der Waals surface area (Å²) in [5.74, 6) is 0. The van der Waals surface area contributed by atoms with Crippen LogP contribution in [-0.2, 0) is 19.9 Å². The maximum Gasteiger partial charge on any atom is 0.208 e. The second-order valence-electron chi connectivity index (χ2n) is 6.09. The summed E-state index contributed by atoms with van der Waals surface area (Å²) in [6.45, 7) is -0.259. The molecule has 2 aromatic carbocycles. The van der Waals surface area contributed by atoms with Gasteiger partial charge in [-0.05, 0) is 42.0 Å². The predicted octanol–water partition coefficient (Wildman–Crippen LogP) is 2.47. The van der Waals surface area contributed by atoms with Gasteiger partial charge in [-0.15, -0.1) is 0 Å². The first-order valence-corrected chi connectivity index (χ1v) is 11.5. The van der Waals surface area contributed by atoms with E-state index < -0.39 is 25.1 Å². The number of anilines is 1. The average molecular weight is 417 g/mol. The molecule has 0 saturated heterocycles. The zero-order valence-electron chi connectivity index (χ0n) is 14.7. The highest BCUT2D eigenvalue weighted by Crippen LogP contribution is 2.30. The van der Waals surface area contributed by atoms with Crippen molar-refractivity contribution in [1.82, 2.24) is 4.72 Å². The second-order valence-corrected chi connectivity index (χ2v) is 10.5. The third kappa shape index (κ3) is 5.20. The Morgan fingerprint density at radius 2 is 1.50 bits per heavy atom. The minimum Gasteiger partial charge on any atom is -0.378 e. The highest BCUT2D eigenvalue weighted by Gasteiger charge is 2.30. The van der Waals surface area contributed by atoms with Crippen molar-refractivity contribution in [3.63, 3.8) is 0 Å². The predicted molar refractivity (Wildman–Crippen MR) is 105 cm³/mol. The number of hydrogen-bond donors (Lipinski definition) is 1. The normalized spacial score (nSPS) is 13.4. The molecule has 2 rings (SSSR count). The number of rotatable bonds is 7. The molecule has 6 nitrogen and oxygen atoms in total. The Labute approximate surface area is 159 Å². The fraction of sp³-hybridized carbons (Fsp3) is 0.294. The van der Waals surface area contributed by atoms with E-state index in [4.69, 9.17) is 11.6 Å². The smallest absolute Gasteiger partial charge is 0.208 e. The second kappa shape index (κ2) is 7.96. The van der Waals surface area contributed by atoms with Crippen LogP contribution in [0.4, 0.5) is 5.69 Å². The topological polar surface area (TPSA) is 83.6 Å². The van der Waals surface area contributed by atoms with Crippen molar-refractivity contribution < 1.29 is 16.8 Å². The van der Waals surface area contributed by atoms with Gasteiger partial charge in [-0.25, -0.2) is 21.6 Å². The highest BCUT2D eigenvalue weighted by atomic mass is 35.5. The first kappa shape index (κ1) is 20.7. The van der Waals surface area contributed by atoms with Gasteiger partial charge in [-0.3, -0.25) is 0 Å². The van der Waals surface area contributed by atoms with Crippen LogP contribution in [0.25, 0.3) is 0 Å². The number of nitrogens with zero attached hydrogens (tertiary/aromatic N) is 1.